The molecule has 0 unspecified atom stereocenters. The molecule has 0 bridgehead atoms. The number of likely N-dealkylation sites (tertiary alicyclic amines) is 1. The highest BCUT2D eigenvalue weighted by atomic mass is 16.2. The van der Waals surface area contributed by atoms with Crippen molar-refractivity contribution in [3.63, 3.8) is 0 Å². The quantitative estimate of drug-likeness (QED) is 0.842. The van der Waals surface area contributed by atoms with E-state index < -0.39 is 5.54 Å². The molecule has 4 nitrogen and oxygen atoms in total. The standard InChI is InChI=1S/C18H33N3O/c19-18(11-5-2-6-12-18)17(22)20-15-9-13-21(14-10-15)16-7-3-1-4-8-16/h15-16H,1-14,19H2,(H,20,22). The van der Waals surface area contributed by atoms with Crippen LogP contribution >= 0.6 is 0 Å². The maximum Gasteiger partial charge on any atom is 0.240 e. The van der Waals surface area contributed by atoms with Crippen LogP contribution in [0.5, 0.6) is 0 Å². The maximum absolute atomic E-state index is 12.5. The number of carbonyl (C=O) groups is 1. The van der Waals surface area contributed by atoms with E-state index in [-0.39, 0.29) is 5.91 Å². The molecule has 0 atom stereocenters. The van der Waals surface area contributed by atoms with Crippen LogP contribution in [0.3, 0.4) is 0 Å². The molecule has 0 aromatic heterocycles. The Bertz CT molecular complexity index is 365. The van der Waals surface area contributed by atoms with Crippen molar-refractivity contribution in [3.8, 4) is 0 Å². The van der Waals surface area contributed by atoms with Gasteiger partial charge < -0.3 is 16.0 Å². The predicted octanol–water partition coefficient (Wildman–Crippen LogP) is 2.56. The van der Waals surface area contributed by atoms with E-state index in [0.717, 1.165) is 57.7 Å². The fraction of sp³-hybridized carbons (Fsp3) is 0.944. The summed E-state index contributed by atoms with van der Waals surface area (Å²) in [5.41, 5.74) is 5.76. The van der Waals surface area contributed by atoms with Crippen molar-refractivity contribution in [1.82, 2.24) is 10.2 Å². The van der Waals surface area contributed by atoms with Crippen molar-refractivity contribution >= 4 is 5.91 Å². The van der Waals surface area contributed by atoms with Crippen LogP contribution in [0.1, 0.15) is 77.0 Å². The Morgan fingerprint density at radius 2 is 1.50 bits per heavy atom. The van der Waals surface area contributed by atoms with Gasteiger partial charge in [0.2, 0.25) is 5.91 Å². The van der Waals surface area contributed by atoms with Crippen molar-refractivity contribution in [2.75, 3.05) is 13.1 Å². The van der Waals surface area contributed by atoms with Gasteiger partial charge in [0.25, 0.3) is 0 Å². The van der Waals surface area contributed by atoms with Gasteiger partial charge in [-0.1, -0.05) is 38.5 Å². The highest BCUT2D eigenvalue weighted by Gasteiger charge is 2.37. The minimum absolute atomic E-state index is 0.114. The molecule has 1 amide bonds. The third kappa shape index (κ3) is 3.83. The first-order chi connectivity index (χ1) is 10.7. The third-order valence-electron chi connectivity index (χ3n) is 6.15. The second kappa shape index (κ2) is 7.31. The van der Waals surface area contributed by atoms with Gasteiger partial charge >= 0.3 is 0 Å². The monoisotopic (exact) mass is 307 g/mol. The van der Waals surface area contributed by atoms with Crippen LogP contribution in [0.15, 0.2) is 0 Å². The molecule has 0 aromatic carbocycles. The number of piperidine rings is 1. The van der Waals surface area contributed by atoms with Gasteiger partial charge in [0.05, 0.1) is 5.54 Å². The summed E-state index contributed by atoms with van der Waals surface area (Å²) >= 11 is 0. The second-order valence-corrected chi connectivity index (χ2v) is 7.79. The lowest BCUT2D eigenvalue weighted by Gasteiger charge is -2.40. The summed E-state index contributed by atoms with van der Waals surface area (Å²) in [4.78, 5) is 15.2. The Morgan fingerprint density at radius 3 is 2.14 bits per heavy atom. The minimum Gasteiger partial charge on any atom is -0.352 e. The molecule has 0 spiro atoms. The van der Waals surface area contributed by atoms with Crippen LogP contribution in [0, 0.1) is 0 Å². The van der Waals surface area contributed by atoms with Gasteiger partial charge in [-0.15, -0.1) is 0 Å². The molecule has 3 fully saturated rings. The molecule has 3 aliphatic rings. The molecule has 1 aliphatic heterocycles. The molecule has 2 aliphatic carbocycles. The fourth-order valence-electron chi connectivity index (χ4n) is 4.59. The highest BCUT2D eigenvalue weighted by Crippen LogP contribution is 2.28. The Hall–Kier alpha value is -0.610. The molecule has 2 saturated carbocycles. The zero-order valence-electron chi connectivity index (χ0n) is 14.0. The Balaban J connectivity index is 1.44. The van der Waals surface area contributed by atoms with Crippen molar-refractivity contribution in [2.45, 2.75) is 94.7 Å². The summed E-state index contributed by atoms with van der Waals surface area (Å²) in [7, 11) is 0. The highest BCUT2D eigenvalue weighted by molar-refractivity contribution is 5.86. The van der Waals surface area contributed by atoms with Gasteiger partial charge in [-0.2, -0.15) is 0 Å². The molecule has 4 heteroatoms. The number of hydrogen-bond donors (Lipinski definition) is 2. The van der Waals surface area contributed by atoms with Crippen molar-refractivity contribution < 1.29 is 4.79 Å². The number of nitrogens with two attached hydrogens (primary N) is 1. The molecule has 22 heavy (non-hydrogen) atoms. The molecule has 0 radical (unpaired) electrons. The number of carbonyl (C=O) groups excluding carboxylic acids is 1. The minimum atomic E-state index is -0.585. The summed E-state index contributed by atoms with van der Waals surface area (Å²) in [5.74, 6) is 0.114. The third-order valence-corrected chi connectivity index (χ3v) is 6.15. The van der Waals surface area contributed by atoms with Gasteiger partial charge in [-0.05, 0) is 38.5 Å². The summed E-state index contributed by atoms with van der Waals surface area (Å²) in [6.45, 7) is 2.29. The lowest BCUT2D eigenvalue weighted by Crippen LogP contribution is -2.58. The summed E-state index contributed by atoms with van der Waals surface area (Å²) in [6, 6.07) is 1.15. The average molecular weight is 307 g/mol. The molecule has 0 aromatic rings. The van der Waals surface area contributed by atoms with E-state index in [2.05, 4.69) is 10.2 Å². The zero-order valence-corrected chi connectivity index (χ0v) is 14.0. The largest absolute Gasteiger partial charge is 0.352 e. The van der Waals surface area contributed by atoms with Gasteiger partial charge in [-0.3, -0.25) is 4.79 Å². The Kier molecular flexibility index (Phi) is 5.40. The topological polar surface area (TPSA) is 58.4 Å². The first-order valence-electron chi connectivity index (χ1n) is 9.51. The van der Waals surface area contributed by atoms with E-state index in [9.17, 15) is 4.79 Å². The first-order valence-corrected chi connectivity index (χ1v) is 9.51. The number of nitrogens with zero attached hydrogens (tertiary/aromatic N) is 1. The molecular formula is C18H33N3O. The van der Waals surface area contributed by atoms with E-state index in [1.54, 1.807) is 0 Å². The van der Waals surface area contributed by atoms with Gasteiger partial charge in [0, 0.05) is 25.2 Å². The van der Waals surface area contributed by atoms with E-state index in [1.807, 2.05) is 0 Å². The molecular weight excluding hydrogens is 274 g/mol. The normalized spacial score (nSPS) is 28.4. The molecule has 3 N–H and O–H groups in total. The van der Waals surface area contributed by atoms with Crippen LogP contribution in [0.4, 0.5) is 0 Å². The first kappa shape index (κ1) is 16.3. The van der Waals surface area contributed by atoms with E-state index in [0.29, 0.717) is 6.04 Å². The lowest BCUT2D eigenvalue weighted by atomic mass is 9.81. The van der Waals surface area contributed by atoms with Crippen LogP contribution in [-0.2, 0) is 4.79 Å². The summed E-state index contributed by atoms with van der Waals surface area (Å²) < 4.78 is 0. The number of nitrogens with one attached hydrogen (secondary N) is 1. The number of hydrogen-bond acceptors (Lipinski definition) is 3. The zero-order chi connectivity index (χ0) is 15.4. The second-order valence-electron chi connectivity index (χ2n) is 7.79. The van der Waals surface area contributed by atoms with Crippen molar-refractivity contribution in [3.05, 3.63) is 0 Å². The lowest BCUT2D eigenvalue weighted by molar-refractivity contribution is -0.128. The maximum atomic E-state index is 12.5. The summed E-state index contributed by atoms with van der Waals surface area (Å²) in [5, 5.41) is 3.26. The smallest absolute Gasteiger partial charge is 0.240 e. The fourth-order valence-corrected chi connectivity index (χ4v) is 4.59. The van der Waals surface area contributed by atoms with Crippen LogP contribution in [0.2, 0.25) is 0 Å². The van der Waals surface area contributed by atoms with Gasteiger partial charge in [-0.25, -0.2) is 0 Å². The Morgan fingerprint density at radius 1 is 0.909 bits per heavy atom. The van der Waals surface area contributed by atoms with Crippen LogP contribution in [0.25, 0.3) is 0 Å². The predicted molar refractivity (Wildman–Crippen MR) is 89.6 cm³/mol. The average Bonchev–Trinajstić information content (AvgIpc) is 2.57. The molecule has 3 rings (SSSR count). The van der Waals surface area contributed by atoms with Crippen LogP contribution < -0.4 is 11.1 Å². The van der Waals surface area contributed by atoms with Gasteiger partial charge in [0.1, 0.15) is 0 Å². The van der Waals surface area contributed by atoms with Crippen molar-refractivity contribution in [1.29, 1.82) is 0 Å². The Labute approximate surface area is 135 Å². The molecule has 1 saturated heterocycles. The number of amides is 1. The van der Waals surface area contributed by atoms with E-state index in [4.69, 9.17) is 5.73 Å². The van der Waals surface area contributed by atoms with E-state index in [1.165, 1.54) is 38.5 Å². The molecule has 1 heterocycles. The van der Waals surface area contributed by atoms with Crippen molar-refractivity contribution in [2.24, 2.45) is 5.73 Å². The van der Waals surface area contributed by atoms with Crippen LogP contribution in [-0.4, -0.2) is 41.5 Å². The summed E-state index contributed by atoms with van der Waals surface area (Å²) in [6.07, 6.45) is 14.3. The molecule has 126 valence electrons. The van der Waals surface area contributed by atoms with Gasteiger partial charge in [0.15, 0.2) is 0 Å². The number of rotatable bonds is 3. The van der Waals surface area contributed by atoms with E-state index >= 15 is 0 Å². The SMILES string of the molecule is NC1(C(=O)NC2CCN(C3CCCCC3)CC2)CCCCC1.